The van der Waals surface area contributed by atoms with E-state index in [-0.39, 0.29) is 0 Å². The van der Waals surface area contributed by atoms with Crippen LogP contribution in [0, 0.1) is 3.80 Å². The number of hydrogen-bond acceptors (Lipinski definition) is 0. The molecule has 1 aromatic heterocycles. The molecule has 0 bridgehead atoms. The summed E-state index contributed by atoms with van der Waals surface area (Å²) in [5.74, 6) is 0. The first-order chi connectivity index (χ1) is 5.84. The molecule has 1 heterocycles. The number of unbranched alkanes of at least 4 members (excludes halogenated alkanes) is 3. The molecule has 1 rings (SSSR count). The zero-order valence-electron chi connectivity index (χ0n) is 7.45. The van der Waals surface area contributed by atoms with Crippen LogP contribution in [0.15, 0.2) is 12.4 Å². The maximum absolute atomic E-state index is 3.16. The van der Waals surface area contributed by atoms with E-state index in [9.17, 15) is 0 Å². The molecule has 0 amide bonds. The molecule has 0 aromatic carbocycles. The zero-order chi connectivity index (χ0) is 8.81. The van der Waals surface area contributed by atoms with Crippen LogP contribution in [0.1, 0.15) is 32.6 Å². The van der Waals surface area contributed by atoms with Crippen molar-refractivity contribution in [2.75, 3.05) is 0 Å². The summed E-state index contributed by atoms with van der Waals surface area (Å²) in [6, 6.07) is 0. The number of aromatic nitrogens is 2. The Hall–Kier alpha value is -0.102. The van der Waals surface area contributed by atoms with Gasteiger partial charge in [-0.2, -0.15) is 0 Å². The van der Waals surface area contributed by atoms with Crippen molar-refractivity contribution in [1.82, 2.24) is 9.55 Å². The van der Waals surface area contributed by atoms with E-state index in [1.54, 1.807) is 0 Å². The number of nitrogens with one attached hydrogen (secondary N) is 1. The van der Waals surface area contributed by atoms with Crippen LogP contribution in [0.5, 0.6) is 0 Å². The van der Waals surface area contributed by atoms with Crippen LogP contribution in [-0.2, 0) is 25.9 Å². The molecule has 0 aliphatic carbocycles. The summed E-state index contributed by atoms with van der Waals surface area (Å²) >= 11 is 2.31. The monoisotopic (exact) mass is 347 g/mol. The van der Waals surface area contributed by atoms with Crippen LogP contribution in [-0.4, -0.2) is 9.55 Å². The Morgan fingerprint density at radius 3 is 2.83 bits per heavy atom. The molecular weight excluding hydrogens is 331 g/mol. The summed E-state index contributed by atoms with van der Waals surface area (Å²) in [5, 5.41) is 0. The number of imidazole rings is 1. The standard InChI is InChI=1S/C9H16N2.Pt/c1-2-3-4-5-7-11-8-6-10-9-11;/h6,8,10H,2-5,7H2,1H3;. The van der Waals surface area contributed by atoms with Gasteiger partial charge in [0.1, 0.15) is 0 Å². The van der Waals surface area contributed by atoms with Crippen molar-refractivity contribution >= 4 is 0 Å². The Morgan fingerprint density at radius 1 is 1.42 bits per heavy atom. The summed E-state index contributed by atoms with van der Waals surface area (Å²) < 4.78 is 3.49. The van der Waals surface area contributed by atoms with E-state index in [1.165, 1.54) is 29.5 Å². The number of H-pyrrole nitrogens is 1. The van der Waals surface area contributed by atoms with Gasteiger partial charge < -0.3 is 0 Å². The molecule has 0 spiro atoms. The fourth-order valence-electron chi connectivity index (χ4n) is 1.21. The molecule has 0 aliphatic rings. The van der Waals surface area contributed by atoms with Crippen LogP contribution in [0.25, 0.3) is 0 Å². The fourth-order valence-corrected chi connectivity index (χ4v) is 1.82. The van der Waals surface area contributed by atoms with Gasteiger partial charge >= 0.3 is 84.3 Å². The van der Waals surface area contributed by atoms with E-state index in [2.05, 4.69) is 42.0 Å². The number of rotatable bonds is 5. The molecule has 1 N–H and O–H groups in total. The second-order valence-electron chi connectivity index (χ2n) is 2.98. The molecule has 0 radical (unpaired) electrons. The van der Waals surface area contributed by atoms with Crippen molar-refractivity contribution in [3.8, 4) is 0 Å². The first kappa shape index (κ1) is 9.98. The Bertz CT molecular complexity index is 261. The van der Waals surface area contributed by atoms with E-state index >= 15 is 0 Å². The summed E-state index contributed by atoms with van der Waals surface area (Å²) in [6.07, 6.45) is 9.42. The van der Waals surface area contributed by atoms with Gasteiger partial charge in [0.2, 0.25) is 0 Å². The van der Waals surface area contributed by atoms with Crippen molar-refractivity contribution in [3.05, 3.63) is 16.2 Å². The molecule has 72 valence electrons. The van der Waals surface area contributed by atoms with Crippen LogP contribution in [0.2, 0.25) is 0 Å². The minimum absolute atomic E-state index is 1.16. The average molecular weight is 347 g/mol. The van der Waals surface area contributed by atoms with Gasteiger partial charge in [-0.25, -0.2) is 0 Å². The van der Waals surface area contributed by atoms with E-state index < -0.39 is 0 Å². The molecule has 0 saturated carbocycles. The normalized spacial score (nSPS) is 10.6. The molecule has 3 heteroatoms. The molecule has 0 unspecified atom stereocenters. The summed E-state index contributed by atoms with van der Waals surface area (Å²) in [4.78, 5) is 3.16. The topological polar surface area (TPSA) is 20.7 Å². The van der Waals surface area contributed by atoms with Crippen molar-refractivity contribution in [3.63, 3.8) is 0 Å². The first-order valence-corrected chi connectivity index (χ1v) is 5.67. The molecule has 0 aliphatic heterocycles. The van der Waals surface area contributed by atoms with E-state index in [0.29, 0.717) is 0 Å². The Balaban J connectivity index is 2.24. The molecule has 2 nitrogen and oxygen atoms in total. The second-order valence-corrected chi connectivity index (χ2v) is 4.05. The fraction of sp³-hybridized carbons (Fsp3) is 0.667. The quantitative estimate of drug-likeness (QED) is 0.790. The third-order valence-electron chi connectivity index (χ3n) is 1.94. The van der Waals surface area contributed by atoms with Gasteiger partial charge in [-0.05, 0) is 0 Å². The van der Waals surface area contributed by atoms with Gasteiger partial charge in [0, 0.05) is 0 Å². The Morgan fingerprint density at radius 2 is 2.25 bits per heavy atom. The van der Waals surface area contributed by atoms with Crippen LogP contribution in [0.4, 0.5) is 0 Å². The van der Waals surface area contributed by atoms with Crippen molar-refractivity contribution in [1.29, 1.82) is 0 Å². The van der Waals surface area contributed by atoms with Gasteiger partial charge in [0.05, 0.1) is 0 Å². The summed E-state index contributed by atoms with van der Waals surface area (Å²) in [7, 11) is 0. The van der Waals surface area contributed by atoms with E-state index in [1.807, 2.05) is 6.20 Å². The number of hydrogen-bond donors (Lipinski definition) is 1. The first-order valence-electron chi connectivity index (χ1n) is 4.54. The van der Waals surface area contributed by atoms with Crippen LogP contribution in [0.3, 0.4) is 0 Å². The summed E-state index contributed by atoms with van der Waals surface area (Å²) in [5.41, 5.74) is 0. The third-order valence-corrected chi connectivity index (χ3v) is 2.92. The van der Waals surface area contributed by atoms with Crippen molar-refractivity contribution in [2.45, 2.75) is 39.2 Å². The predicted molar refractivity (Wildman–Crippen MR) is 46.2 cm³/mol. The van der Waals surface area contributed by atoms with Crippen LogP contribution < -0.4 is 0 Å². The number of aryl methyl sites for hydroxylation is 1. The third kappa shape index (κ3) is 3.10. The summed E-state index contributed by atoms with van der Waals surface area (Å²) in [6.45, 7) is 3.40. The van der Waals surface area contributed by atoms with E-state index in [4.69, 9.17) is 0 Å². The SMILES string of the molecule is CCCCCCn1cc[nH][c]1=[Pt]. The van der Waals surface area contributed by atoms with Gasteiger partial charge in [0.15, 0.2) is 0 Å². The van der Waals surface area contributed by atoms with Crippen molar-refractivity contribution in [2.24, 2.45) is 0 Å². The zero-order valence-corrected chi connectivity index (χ0v) is 9.73. The van der Waals surface area contributed by atoms with Gasteiger partial charge in [-0.1, -0.05) is 0 Å². The molecular formula is C9H16N2Pt. The Kier molecular flexibility index (Phi) is 4.60. The second kappa shape index (κ2) is 5.53. The molecule has 0 atom stereocenters. The molecule has 1 aromatic rings. The molecule has 0 saturated heterocycles. The van der Waals surface area contributed by atoms with E-state index in [0.717, 1.165) is 6.54 Å². The Labute approximate surface area is 84.4 Å². The molecule has 0 fully saturated rings. The van der Waals surface area contributed by atoms with Crippen LogP contribution >= 0.6 is 0 Å². The van der Waals surface area contributed by atoms with Crippen molar-refractivity contribution < 1.29 is 19.4 Å². The van der Waals surface area contributed by atoms with Gasteiger partial charge in [-0.3, -0.25) is 0 Å². The predicted octanol–water partition coefficient (Wildman–Crippen LogP) is 2.48. The maximum atomic E-state index is 3.16. The minimum atomic E-state index is 1.16. The van der Waals surface area contributed by atoms with Gasteiger partial charge in [0.25, 0.3) is 0 Å². The number of nitrogens with zero attached hydrogens (tertiary/aromatic N) is 1. The van der Waals surface area contributed by atoms with Gasteiger partial charge in [-0.15, -0.1) is 0 Å². The number of aromatic amines is 1. The molecule has 12 heavy (non-hydrogen) atoms. The average Bonchev–Trinajstić information content (AvgIpc) is 2.46.